The number of aliphatic hydroxyl groups is 1. The number of H-pyrrole nitrogens is 1. The topological polar surface area (TPSA) is 344 Å². The number of rotatable bonds is 38. The molecule has 6 amide bonds. The minimum absolute atomic E-state index is 0.00380. The Morgan fingerprint density at radius 1 is 0.770 bits per heavy atom. The Balaban J connectivity index is 2.09. The average molecular weight is 891 g/mol. The molecule has 0 aliphatic carbocycles. The maximum Gasteiger partial charge on any atom is 0.326 e. The summed E-state index contributed by atoms with van der Waals surface area (Å²) >= 11 is 0. The number of aromatic amines is 1. The number of hydrogen-bond acceptors (Lipinski definition) is 15. The molecule has 1 aromatic rings. The largest absolute Gasteiger partial charge is 0.480 e. The van der Waals surface area contributed by atoms with Crippen molar-refractivity contribution in [1.29, 1.82) is 0 Å². The van der Waals surface area contributed by atoms with E-state index < -0.39 is 76.7 Å². The predicted octanol–water partition coefficient (Wildman–Crippen LogP) is -0.345. The van der Waals surface area contributed by atoms with Crippen molar-refractivity contribution in [3.05, 3.63) is 5.82 Å². The number of nitrogens with two attached hydrogens (primary N) is 1. The molecule has 0 aliphatic heterocycles. The molecule has 24 heteroatoms. The van der Waals surface area contributed by atoms with Gasteiger partial charge in [0.1, 0.15) is 24.5 Å². The Bertz CT molecular complexity index is 1570. The van der Waals surface area contributed by atoms with Crippen LogP contribution >= 0.6 is 0 Å². The van der Waals surface area contributed by atoms with Gasteiger partial charge in [-0.3, -0.25) is 38.3 Å². The molecule has 0 bridgehead atoms. The molecule has 9 N–H and O–H groups in total. The van der Waals surface area contributed by atoms with Crippen LogP contribution in [0, 0.1) is 0 Å². The van der Waals surface area contributed by atoms with E-state index in [1.54, 1.807) is 0 Å². The van der Waals surface area contributed by atoms with Crippen LogP contribution in [0.3, 0.4) is 0 Å². The van der Waals surface area contributed by atoms with Gasteiger partial charge in [-0.1, -0.05) is 70.6 Å². The van der Waals surface area contributed by atoms with E-state index in [-0.39, 0.29) is 64.2 Å². The number of nitrogens with one attached hydrogen (secondary N) is 5. The van der Waals surface area contributed by atoms with Crippen LogP contribution in [0.15, 0.2) is 0 Å². The van der Waals surface area contributed by atoms with Crippen molar-refractivity contribution in [1.82, 2.24) is 46.4 Å². The Hall–Kier alpha value is -4.81. The first-order valence-electron chi connectivity index (χ1n) is 20.9. The quantitative estimate of drug-likeness (QED) is 0.0311. The number of tetrazole rings is 1. The molecule has 0 saturated heterocycles. The van der Waals surface area contributed by atoms with Gasteiger partial charge in [-0.25, -0.2) is 23.4 Å². The minimum Gasteiger partial charge on any atom is -0.480 e. The monoisotopic (exact) mass is 890 g/mol. The molecule has 0 radical (unpaired) electrons. The van der Waals surface area contributed by atoms with E-state index in [0.29, 0.717) is 11.5 Å². The first-order chi connectivity index (χ1) is 29.1. The number of primary amides is 1. The Kier molecular flexibility index (Phi) is 29.2. The maximum absolute atomic E-state index is 12.4. The SMILES string of the molecule is CC(=O)N(CC(=O)N[C@@H](CO)C(=O)N[C@@H](CCC(N)=O)C(=O)O)OCCOCCNC(=O)CCCS(=O)(=O)NC(=O)CCCCCCCCCCCCCCCc1nnn[nH]1. The molecule has 1 aromatic heterocycles. The normalized spacial score (nSPS) is 12.2. The molecular formula is C37H66N10O13S. The first-order valence-corrected chi connectivity index (χ1v) is 22.5. The summed E-state index contributed by atoms with van der Waals surface area (Å²) in [7, 11) is -3.88. The lowest BCUT2D eigenvalue weighted by molar-refractivity contribution is -0.190. The van der Waals surface area contributed by atoms with E-state index in [4.69, 9.17) is 15.3 Å². The molecular weight excluding hydrogens is 825 g/mol. The van der Waals surface area contributed by atoms with Gasteiger partial charge in [0.05, 0.1) is 32.2 Å². The van der Waals surface area contributed by atoms with Gasteiger partial charge in [0, 0.05) is 39.2 Å². The summed E-state index contributed by atoms with van der Waals surface area (Å²) in [5.41, 5.74) is 5.01. The second-order valence-corrected chi connectivity index (χ2v) is 16.3. The highest BCUT2D eigenvalue weighted by atomic mass is 32.2. The number of aryl methyl sites for hydroxylation is 1. The van der Waals surface area contributed by atoms with Crippen LogP contribution < -0.4 is 26.4 Å². The molecule has 23 nitrogen and oxygen atoms in total. The van der Waals surface area contributed by atoms with E-state index in [9.17, 15) is 52.2 Å². The summed E-state index contributed by atoms with van der Waals surface area (Å²) in [5.74, 6) is -5.40. The van der Waals surface area contributed by atoms with Gasteiger partial charge < -0.3 is 36.6 Å². The number of unbranched alkanes of at least 4 members (excludes halogenated alkanes) is 12. The van der Waals surface area contributed by atoms with Gasteiger partial charge in [0.15, 0.2) is 0 Å². The van der Waals surface area contributed by atoms with Crippen molar-refractivity contribution >= 4 is 51.4 Å². The van der Waals surface area contributed by atoms with E-state index >= 15 is 0 Å². The molecule has 0 aliphatic rings. The van der Waals surface area contributed by atoms with Crippen molar-refractivity contribution in [3.8, 4) is 0 Å². The van der Waals surface area contributed by atoms with Crippen molar-refractivity contribution < 1.29 is 61.8 Å². The molecule has 348 valence electrons. The number of hydrogen-bond donors (Lipinski definition) is 8. The van der Waals surface area contributed by atoms with Gasteiger partial charge in [0.2, 0.25) is 45.5 Å². The minimum atomic E-state index is -3.88. The van der Waals surface area contributed by atoms with Crippen LogP contribution in [-0.2, 0) is 59.6 Å². The number of nitrogens with zero attached hydrogens (tertiary/aromatic N) is 4. The summed E-state index contributed by atoms with van der Waals surface area (Å²) < 4.78 is 32.0. The van der Waals surface area contributed by atoms with E-state index in [1.807, 2.05) is 0 Å². The van der Waals surface area contributed by atoms with Gasteiger partial charge in [-0.2, -0.15) is 0 Å². The number of aliphatic hydroxyl groups excluding tert-OH is 1. The number of ether oxygens (including phenoxy) is 1. The second kappa shape index (κ2) is 32.9. The molecule has 0 unspecified atom stereocenters. The maximum atomic E-state index is 12.4. The third-order valence-corrected chi connectivity index (χ3v) is 10.5. The Morgan fingerprint density at radius 2 is 1.38 bits per heavy atom. The standard InChI is InChI=1S/C37H66N10O13S/c1-28(49)47(26-35(53)40-30(27-48)36(54)41-29(37(55)56)19-20-31(38)50)60-24-23-59-22-21-39-33(51)18-15-25-61(57,58)44-34(52)17-14-12-10-8-6-4-2-3-5-7-9-11-13-16-32-42-45-46-43-32/h29-30,48H,2-27H2,1H3,(H2,38,50)(H,39,51)(H,40,53)(H,41,54)(H,44,52)(H,55,56)(H,42,43,45,46)/t29-,30-/m0/s1. The lowest BCUT2D eigenvalue weighted by atomic mass is 10.0. The number of carboxylic acids is 1. The highest BCUT2D eigenvalue weighted by molar-refractivity contribution is 7.90. The Morgan fingerprint density at radius 3 is 1.93 bits per heavy atom. The van der Waals surface area contributed by atoms with Crippen LogP contribution in [0.25, 0.3) is 0 Å². The Labute approximate surface area is 356 Å². The van der Waals surface area contributed by atoms with Crippen LogP contribution in [0.5, 0.6) is 0 Å². The van der Waals surface area contributed by atoms with Gasteiger partial charge in [-0.05, 0) is 36.1 Å². The predicted molar refractivity (Wildman–Crippen MR) is 218 cm³/mol. The zero-order valence-corrected chi connectivity index (χ0v) is 36.0. The fourth-order valence-electron chi connectivity index (χ4n) is 5.79. The van der Waals surface area contributed by atoms with Crippen LogP contribution in [-0.4, -0.2) is 143 Å². The highest BCUT2D eigenvalue weighted by Gasteiger charge is 2.27. The summed E-state index contributed by atoms with van der Waals surface area (Å²) in [6, 6.07) is -3.08. The number of carbonyl (C=O) groups is 7. The summed E-state index contributed by atoms with van der Waals surface area (Å²) in [5, 5.41) is 40.1. The van der Waals surface area contributed by atoms with E-state index in [0.717, 1.165) is 51.3 Å². The molecule has 0 spiro atoms. The second-order valence-electron chi connectivity index (χ2n) is 14.5. The first kappa shape index (κ1) is 54.2. The van der Waals surface area contributed by atoms with Crippen LogP contribution in [0.4, 0.5) is 0 Å². The highest BCUT2D eigenvalue weighted by Crippen LogP contribution is 2.13. The summed E-state index contributed by atoms with van der Waals surface area (Å²) in [4.78, 5) is 88.7. The number of aliphatic carboxylic acids is 1. The van der Waals surface area contributed by atoms with Crippen molar-refractivity contribution in [3.63, 3.8) is 0 Å². The number of hydroxylamine groups is 2. The van der Waals surface area contributed by atoms with Crippen molar-refractivity contribution in [2.45, 2.75) is 141 Å². The molecule has 61 heavy (non-hydrogen) atoms. The van der Waals surface area contributed by atoms with E-state index in [2.05, 4.69) is 41.3 Å². The smallest absolute Gasteiger partial charge is 0.326 e. The fourth-order valence-corrected chi connectivity index (χ4v) is 6.87. The fraction of sp³-hybridized carbons (Fsp3) is 0.784. The lowest BCUT2D eigenvalue weighted by Gasteiger charge is -2.23. The number of sulfonamides is 1. The molecule has 0 aromatic carbocycles. The van der Waals surface area contributed by atoms with Gasteiger partial charge >= 0.3 is 5.97 Å². The third kappa shape index (κ3) is 29.1. The van der Waals surface area contributed by atoms with Gasteiger partial charge in [0.25, 0.3) is 0 Å². The lowest BCUT2D eigenvalue weighted by Crippen LogP contribution is -2.54. The third-order valence-electron chi connectivity index (χ3n) is 9.10. The molecule has 2 atom stereocenters. The molecule has 0 saturated carbocycles. The van der Waals surface area contributed by atoms with Crippen molar-refractivity contribution in [2.24, 2.45) is 5.73 Å². The van der Waals surface area contributed by atoms with Crippen LogP contribution in [0.1, 0.15) is 128 Å². The molecule has 0 fully saturated rings. The van der Waals surface area contributed by atoms with Crippen LogP contribution in [0.2, 0.25) is 0 Å². The van der Waals surface area contributed by atoms with Crippen molar-refractivity contribution in [2.75, 3.05) is 45.3 Å². The molecule has 1 heterocycles. The summed E-state index contributed by atoms with van der Waals surface area (Å²) in [6.07, 6.45) is 14.6. The van der Waals surface area contributed by atoms with Gasteiger partial charge in [-0.15, -0.1) is 5.10 Å². The zero-order chi connectivity index (χ0) is 45.3. The number of aromatic nitrogens is 4. The number of carboxylic acid groups (broad SMARTS) is 1. The zero-order valence-electron chi connectivity index (χ0n) is 35.2. The molecule has 1 rings (SSSR count). The summed E-state index contributed by atoms with van der Waals surface area (Å²) in [6.45, 7) is -0.609. The average Bonchev–Trinajstić information content (AvgIpc) is 3.72. The number of amides is 6. The van der Waals surface area contributed by atoms with E-state index in [1.165, 1.54) is 44.9 Å². The number of carbonyl (C=O) groups excluding carboxylic acids is 6.